The van der Waals surface area contributed by atoms with Crippen LogP contribution in [0.15, 0.2) is 42.6 Å². The van der Waals surface area contributed by atoms with E-state index in [1.54, 1.807) is 30.2 Å². The molecule has 0 spiro atoms. The molecular weight excluding hydrogens is 494 g/mol. The summed E-state index contributed by atoms with van der Waals surface area (Å²) < 4.78 is 38.6. The second-order valence-electron chi connectivity index (χ2n) is 8.29. The minimum absolute atomic E-state index is 0.271. The van der Waals surface area contributed by atoms with Crippen molar-refractivity contribution in [1.82, 2.24) is 20.0 Å². The van der Waals surface area contributed by atoms with Crippen molar-refractivity contribution >= 4 is 23.4 Å². The van der Waals surface area contributed by atoms with Gasteiger partial charge in [0.15, 0.2) is 11.5 Å². The first kappa shape index (κ1) is 25.4. The van der Waals surface area contributed by atoms with E-state index in [1.165, 1.54) is 20.4 Å². The summed E-state index contributed by atoms with van der Waals surface area (Å²) in [6.07, 6.45) is -1.17. The summed E-state index contributed by atoms with van der Waals surface area (Å²) in [5.41, 5.74) is 1.71. The van der Waals surface area contributed by atoms with Crippen LogP contribution in [-0.2, 0) is 18.3 Å². The molecule has 1 aliphatic heterocycles. The fraction of sp³-hybridized carbons (Fsp3) is 0.320. The molecule has 2 amide bonds. The Bertz CT molecular complexity index is 1300. The van der Waals surface area contributed by atoms with E-state index >= 15 is 0 Å². The Morgan fingerprint density at radius 1 is 1.19 bits per heavy atom. The van der Waals surface area contributed by atoms with E-state index in [4.69, 9.17) is 21.1 Å². The summed E-state index contributed by atoms with van der Waals surface area (Å²) in [5, 5.41) is 6.62. The van der Waals surface area contributed by atoms with Crippen LogP contribution in [0.1, 0.15) is 45.2 Å². The molecule has 2 aromatic carbocycles. The van der Waals surface area contributed by atoms with Gasteiger partial charge in [0.2, 0.25) is 5.91 Å². The molecular formula is C25H25ClF2N4O4. The van der Waals surface area contributed by atoms with Crippen molar-refractivity contribution in [3.8, 4) is 11.5 Å². The zero-order valence-electron chi connectivity index (χ0n) is 19.9. The van der Waals surface area contributed by atoms with Gasteiger partial charge in [0.05, 0.1) is 32.4 Å². The lowest BCUT2D eigenvalue weighted by Crippen LogP contribution is -2.45. The molecule has 11 heteroatoms. The number of nitrogens with one attached hydrogen (secondary N) is 1. The molecule has 0 aliphatic carbocycles. The van der Waals surface area contributed by atoms with Crippen LogP contribution in [0.5, 0.6) is 11.5 Å². The van der Waals surface area contributed by atoms with Gasteiger partial charge in [0.1, 0.15) is 5.69 Å². The summed E-state index contributed by atoms with van der Waals surface area (Å²) in [7, 11) is 4.53. The first-order chi connectivity index (χ1) is 17.2. The third-order valence-electron chi connectivity index (χ3n) is 6.07. The zero-order valence-corrected chi connectivity index (χ0v) is 20.7. The number of alkyl halides is 2. The third-order valence-corrected chi connectivity index (χ3v) is 6.30. The van der Waals surface area contributed by atoms with Gasteiger partial charge in [-0.25, -0.2) is 8.78 Å². The van der Waals surface area contributed by atoms with Crippen LogP contribution in [0.4, 0.5) is 8.78 Å². The van der Waals surface area contributed by atoms with Gasteiger partial charge in [-0.2, -0.15) is 5.10 Å². The molecule has 0 fully saturated rings. The van der Waals surface area contributed by atoms with Crippen molar-refractivity contribution in [3.05, 3.63) is 75.6 Å². The van der Waals surface area contributed by atoms with Crippen LogP contribution < -0.4 is 14.8 Å². The molecule has 0 radical (unpaired) electrons. The minimum Gasteiger partial charge on any atom is -0.493 e. The summed E-state index contributed by atoms with van der Waals surface area (Å²) >= 11 is 6.26. The van der Waals surface area contributed by atoms with Crippen LogP contribution >= 0.6 is 11.6 Å². The van der Waals surface area contributed by atoms with Crippen LogP contribution in [0.25, 0.3) is 0 Å². The van der Waals surface area contributed by atoms with Crippen molar-refractivity contribution in [2.75, 3.05) is 27.3 Å². The number of nitrogens with zero attached hydrogens (tertiary/aromatic N) is 3. The quantitative estimate of drug-likeness (QED) is 0.512. The average Bonchev–Trinajstić information content (AvgIpc) is 3.27. The number of methoxy groups -OCH3 is 2. The highest BCUT2D eigenvalue weighted by molar-refractivity contribution is 6.30. The Balaban J connectivity index is 1.64. The summed E-state index contributed by atoms with van der Waals surface area (Å²) in [5.74, 6) is -0.0763. The number of hydrogen-bond acceptors (Lipinski definition) is 5. The Morgan fingerprint density at radius 3 is 2.58 bits per heavy atom. The normalized spacial score (nSPS) is 15.0. The SMILES string of the molecule is COc1cc2c(cc1OC)C(c1cccc(Cl)c1)N(C(=O)CNC(=O)c1cn(C)nc1C(F)F)CC2. The molecule has 1 aromatic heterocycles. The van der Waals surface area contributed by atoms with E-state index in [2.05, 4.69) is 10.4 Å². The topological polar surface area (TPSA) is 85.7 Å². The molecule has 2 heterocycles. The van der Waals surface area contributed by atoms with Gasteiger partial charge in [0.25, 0.3) is 12.3 Å². The maximum atomic E-state index is 13.4. The van der Waals surface area contributed by atoms with Gasteiger partial charge in [-0.3, -0.25) is 14.3 Å². The monoisotopic (exact) mass is 518 g/mol. The molecule has 4 rings (SSSR count). The van der Waals surface area contributed by atoms with E-state index in [-0.39, 0.29) is 18.0 Å². The Labute approximate surface area is 211 Å². The van der Waals surface area contributed by atoms with Crippen molar-refractivity contribution in [2.45, 2.75) is 18.9 Å². The van der Waals surface area contributed by atoms with Crippen molar-refractivity contribution < 1.29 is 27.8 Å². The average molecular weight is 519 g/mol. The number of aromatic nitrogens is 2. The predicted octanol–water partition coefficient (Wildman–Crippen LogP) is 3.93. The third kappa shape index (κ3) is 4.99. The number of benzene rings is 2. The summed E-state index contributed by atoms with van der Waals surface area (Å²) in [6, 6.07) is 10.4. The maximum Gasteiger partial charge on any atom is 0.282 e. The number of ether oxygens (including phenoxy) is 2. The molecule has 3 aromatic rings. The number of aryl methyl sites for hydroxylation is 1. The minimum atomic E-state index is -2.92. The summed E-state index contributed by atoms with van der Waals surface area (Å²) in [6.45, 7) is -0.0142. The number of amides is 2. The van der Waals surface area contributed by atoms with Gasteiger partial charge in [0, 0.05) is 24.8 Å². The van der Waals surface area contributed by atoms with Crippen molar-refractivity contribution in [2.24, 2.45) is 7.05 Å². The molecule has 0 bridgehead atoms. The van der Waals surface area contributed by atoms with Gasteiger partial charge in [-0.15, -0.1) is 0 Å². The van der Waals surface area contributed by atoms with Gasteiger partial charge in [-0.05, 0) is 47.4 Å². The predicted molar refractivity (Wildman–Crippen MR) is 129 cm³/mol. The molecule has 0 saturated carbocycles. The van der Waals surface area contributed by atoms with Gasteiger partial charge < -0.3 is 19.7 Å². The van der Waals surface area contributed by atoms with E-state index < -0.39 is 24.1 Å². The lowest BCUT2D eigenvalue weighted by atomic mass is 9.87. The second-order valence-corrected chi connectivity index (χ2v) is 8.72. The van der Waals surface area contributed by atoms with Crippen LogP contribution in [0.3, 0.4) is 0 Å². The summed E-state index contributed by atoms with van der Waals surface area (Å²) in [4.78, 5) is 27.6. The van der Waals surface area contributed by atoms with Crippen LogP contribution in [-0.4, -0.2) is 53.8 Å². The molecule has 1 N–H and O–H groups in total. The Kier molecular flexibility index (Phi) is 7.44. The lowest BCUT2D eigenvalue weighted by molar-refractivity contribution is -0.132. The molecule has 36 heavy (non-hydrogen) atoms. The standard InChI is InChI=1S/C25H25ClF2N4O4/c1-31-13-18(22(30-31)24(27)28)25(34)29-12-21(33)32-8-7-14-10-19(35-2)20(36-3)11-17(14)23(32)15-5-4-6-16(26)9-15/h4-6,9-11,13,23-24H,7-8,12H2,1-3H3,(H,29,34). The Morgan fingerprint density at radius 2 is 1.92 bits per heavy atom. The lowest BCUT2D eigenvalue weighted by Gasteiger charge is -2.38. The fourth-order valence-corrected chi connectivity index (χ4v) is 4.64. The molecule has 0 saturated heterocycles. The highest BCUT2D eigenvalue weighted by atomic mass is 35.5. The fourth-order valence-electron chi connectivity index (χ4n) is 4.45. The molecule has 1 aliphatic rings. The first-order valence-electron chi connectivity index (χ1n) is 11.1. The van der Waals surface area contributed by atoms with Crippen molar-refractivity contribution in [1.29, 1.82) is 0 Å². The number of halogens is 3. The molecule has 8 nitrogen and oxygen atoms in total. The van der Waals surface area contributed by atoms with E-state index in [0.717, 1.165) is 21.4 Å². The van der Waals surface area contributed by atoms with E-state index in [9.17, 15) is 18.4 Å². The van der Waals surface area contributed by atoms with Crippen LogP contribution in [0.2, 0.25) is 5.02 Å². The van der Waals surface area contributed by atoms with Gasteiger partial charge >= 0.3 is 0 Å². The van der Waals surface area contributed by atoms with Crippen molar-refractivity contribution in [3.63, 3.8) is 0 Å². The number of hydrogen-bond donors (Lipinski definition) is 1. The number of fused-ring (bicyclic) bond motifs is 1. The van der Waals surface area contributed by atoms with E-state index in [1.807, 2.05) is 18.2 Å². The molecule has 1 atom stereocenters. The highest BCUT2D eigenvalue weighted by Gasteiger charge is 2.34. The van der Waals surface area contributed by atoms with E-state index in [0.29, 0.717) is 29.5 Å². The van der Waals surface area contributed by atoms with Crippen LogP contribution in [0, 0.1) is 0 Å². The number of carbonyl (C=O) groups is 2. The smallest absolute Gasteiger partial charge is 0.282 e. The highest BCUT2D eigenvalue weighted by Crippen LogP contribution is 2.41. The van der Waals surface area contributed by atoms with Gasteiger partial charge in [-0.1, -0.05) is 23.7 Å². The second kappa shape index (κ2) is 10.5. The zero-order chi connectivity index (χ0) is 26.0. The first-order valence-corrected chi connectivity index (χ1v) is 11.5. The Hall–Kier alpha value is -3.66. The number of rotatable bonds is 7. The largest absolute Gasteiger partial charge is 0.493 e. The molecule has 1 unspecified atom stereocenters. The number of carbonyl (C=O) groups excluding carboxylic acids is 2. The molecule has 190 valence electrons. The maximum absolute atomic E-state index is 13.4.